The number of anilines is 1. The molecule has 0 spiro atoms. The third-order valence-corrected chi connectivity index (χ3v) is 5.76. The third-order valence-electron chi connectivity index (χ3n) is 5.76. The summed E-state index contributed by atoms with van der Waals surface area (Å²) in [7, 11) is 3.95. The number of hydrogen-bond donors (Lipinski definition) is 3. The van der Waals surface area contributed by atoms with E-state index in [0.29, 0.717) is 17.5 Å². The van der Waals surface area contributed by atoms with Crippen molar-refractivity contribution in [2.24, 2.45) is 0 Å². The molecule has 1 atom stereocenters. The number of H-pyrrole nitrogens is 2. The fourth-order valence-electron chi connectivity index (χ4n) is 4.17. The van der Waals surface area contributed by atoms with E-state index in [1.807, 2.05) is 13.0 Å². The Hall–Kier alpha value is -2.90. The maximum absolute atomic E-state index is 6.03. The van der Waals surface area contributed by atoms with Crippen LogP contribution in [0.2, 0.25) is 0 Å². The fourth-order valence-corrected chi connectivity index (χ4v) is 4.17. The van der Waals surface area contributed by atoms with Crippen molar-refractivity contribution in [3.8, 4) is 11.3 Å². The van der Waals surface area contributed by atoms with Crippen molar-refractivity contribution in [1.82, 2.24) is 24.8 Å². The summed E-state index contributed by atoms with van der Waals surface area (Å²) in [4.78, 5) is 18.0. The van der Waals surface area contributed by atoms with Gasteiger partial charge in [0.05, 0.1) is 5.52 Å². The Morgan fingerprint density at radius 2 is 2.00 bits per heavy atom. The average Bonchev–Trinajstić information content (AvgIpc) is 3.30. The van der Waals surface area contributed by atoms with E-state index in [-0.39, 0.29) is 0 Å². The number of nitrogen functional groups attached to an aromatic ring is 1. The Kier molecular flexibility index (Phi) is 5.74. The van der Waals surface area contributed by atoms with Gasteiger partial charge in [-0.1, -0.05) is 13.0 Å². The van der Waals surface area contributed by atoms with Crippen LogP contribution >= 0.6 is 0 Å². The van der Waals surface area contributed by atoms with Gasteiger partial charge in [-0.15, -0.1) is 0 Å². The molecule has 0 radical (unpaired) electrons. The molecule has 1 unspecified atom stereocenters. The summed E-state index contributed by atoms with van der Waals surface area (Å²) in [5.74, 6) is 1.29. The molecule has 4 N–H and O–H groups in total. The minimum Gasteiger partial charge on any atom is -0.385 e. The van der Waals surface area contributed by atoms with Crippen LogP contribution < -0.4 is 5.73 Å². The maximum Gasteiger partial charge on any atom is 0.180 e. The molecule has 0 aliphatic carbocycles. The van der Waals surface area contributed by atoms with Crippen LogP contribution in [0.3, 0.4) is 0 Å². The first-order valence-corrected chi connectivity index (χ1v) is 10.4. The summed E-state index contributed by atoms with van der Waals surface area (Å²) in [6.07, 6.45) is 2.16. The number of ether oxygens (including phenoxy) is 1. The number of fused-ring (bicyclic) bond motifs is 2. The van der Waals surface area contributed by atoms with Crippen LogP contribution in [0.4, 0.5) is 5.82 Å². The highest BCUT2D eigenvalue weighted by atomic mass is 16.5. The van der Waals surface area contributed by atoms with Gasteiger partial charge < -0.3 is 20.4 Å². The average molecular weight is 407 g/mol. The predicted octanol–water partition coefficient (Wildman–Crippen LogP) is 4.24. The summed E-state index contributed by atoms with van der Waals surface area (Å²) < 4.78 is 5.27. The van der Waals surface area contributed by atoms with Crippen molar-refractivity contribution < 1.29 is 4.74 Å². The Labute approximate surface area is 176 Å². The van der Waals surface area contributed by atoms with Gasteiger partial charge >= 0.3 is 0 Å². The summed E-state index contributed by atoms with van der Waals surface area (Å²) >= 11 is 0. The number of methoxy groups -OCH3 is 1. The molecule has 0 fully saturated rings. The lowest BCUT2D eigenvalue weighted by molar-refractivity contribution is 0.140. The highest BCUT2D eigenvalue weighted by Gasteiger charge is 2.15. The monoisotopic (exact) mass is 406 g/mol. The number of pyridine rings is 1. The lowest BCUT2D eigenvalue weighted by atomic mass is 10.1. The Balaban J connectivity index is 1.63. The maximum atomic E-state index is 6.03. The van der Waals surface area contributed by atoms with E-state index in [2.05, 4.69) is 63.1 Å². The molecule has 1 aromatic carbocycles. The molecular formula is C23H30N6O. The molecule has 0 saturated heterocycles. The van der Waals surface area contributed by atoms with Gasteiger partial charge in [-0.3, -0.25) is 4.90 Å². The van der Waals surface area contributed by atoms with Crippen LogP contribution in [0.5, 0.6) is 0 Å². The van der Waals surface area contributed by atoms with Gasteiger partial charge in [0.25, 0.3) is 0 Å². The number of hydrogen-bond acceptors (Lipinski definition) is 5. The first-order chi connectivity index (χ1) is 14.5. The van der Waals surface area contributed by atoms with Gasteiger partial charge in [-0.05, 0) is 56.6 Å². The molecule has 0 aliphatic rings. The second-order valence-electron chi connectivity index (χ2n) is 7.98. The molecule has 3 aromatic heterocycles. The fraction of sp³-hybridized carbons (Fsp3) is 0.391. The number of aromatic nitrogens is 4. The van der Waals surface area contributed by atoms with Gasteiger partial charge in [0.1, 0.15) is 11.6 Å². The van der Waals surface area contributed by atoms with Gasteiger partial charge in [0.15, 0.2) is 5.65 Å². The number of imidazole rings is 1. The minimum absolute atomic E-state index is 0.464. The van der Waals surface area contributed by atoms with E-state index in [4.69, 9.17) is 10.5 Å². The van der Waals surface area contributed by atoms with Crippen molar-refractivity contribution in [2.75, 3.05) is 26.5 Å². The van der Waals surface area contributed by atoms with E-state index in [0.717, 1.165) is 54.1 Å². The van der Waals surface area contributed by atoms with Gasteiger partial charge in [0, 0.05) is 48.5 Å². The van der Waals surface area contributed by atoms with Crippen molar-refractivity contribution in [1.29, 1.82) is 0 Å². The van der Waals surface area contributed by atoms with Crippen molar-refractivity contribution in [2.45, 2.75) is 39.3 Å². The molecule has 7 nitrogen and oxygen atoms in total. The van der Waals surface area contributed by atoms with Crippen LogP contribution in [0.25, 0.3) is 33.3 Å². The van der Waals surface area contributed by atoms with E-state index < -0.39 is 0 Å². The number of nitrogens with zero attached hydrogens (tertiary/aromatic N) is 3. The predicted molar refractivity (Wildman–Crippen MR) is 122 cm³/mol. The van der Waals surface area contributed by atoms with Crippen molar-refractivity contribution >= 4 is 27.9 Å². The Bertz CT molecular complexity index is 1160. The number of aromatic amines is 2. The lowest BCUT2D eigenvalue weighted by Gasteiger charge is -2.27. The van der Waals surface area contributed by atoms with E-state index in [9.17, 15) is 0 Å². The first kappa shape index (κ1) is 20.4. The molecule has 7 heteroatoms. The molecule has 0 amide bonds. The number of aryl methyl sites for hydroxylation is 1. The second kappa shape index (κ2) is 8.45. The summed E-state index contributed by atoms with van der Waals surface area (Å²) in [6, 6.07) is 11.2. The molecule has 30 heavy (non-hydrogen) atoms. The van der Waals surface area contributed by atoms with Crippen LogP contribution in [-0.4, -0.2) is 51.6 Å². The van der Waals surface area contributed by atoms with Crippen molar-refractivity contribution in [3.63, 3.8) is 0 Å². The normalized spacial score (nSPS) is 13.0. The lowest BCUT2D eigenvalue weighted by Crippen LogP contribution is -2.31. The van der Waals surface area contributed by atoms with Gasteiger partial charge in [-0.2, -0.15) is 0 Å². The Morgan fingerprint density at radius 3 is 2.77 bits per heavy atom. The first-order valence-electron chi connectivity index (χ1n) is 10.4. The second-order valence-corrected chi connectivity index (χ2v) is 7.98. The van der Waals surface area contributed by atoms with Crippen molar-refractivity contribution in [3.05, 3.63) is 41.7 Å². The van der Waals surface area contributed by atoms with E-state index in [1.165, 1.54) is 10.9 Å². The molecule has 158 valence electrons. The quantitative estimate of drug-likeness (QED) is 0.407. The highest BCUT2D eigenvalue weighted by molar-refractivity contribution is 5.95. The zero-order valence-electron chi connectivity index (χ0n) is 18.1. The Morgan fingerprint density at radius 1 is 1.17 bits per heavy atom. The SMILES string of the molecule is CCC(CCOC)N(C)Cc1ccc2[nH]c(-c3cc(N)nc4nc(C)[nH]c34)cc2c1. The smallest absolute Gasteiger partial charge is 0.180 e. The summed E-state index contributed by atoms with van der Waals surface area (Å²) in [5.41, 5.74) is 12.0. The number of benzene rings is 1. The minimum atomic E-state index is 0.464. The molecule has 0 saturated carbocycles. The molecule has 0 bridgehead atoms. The van der Waals surface area contributed by atoms with Crippen LogP contribution in [0.15, 0.2) is 30.3 Å². The molecule has 4 rings (SSSR count). The number of nitrogens with two attached hydrogens (primary N) is 1. The highest BCUT2D eigenvalue weighted by Crippen LogP contribution is 2.31. The molecule has 4 aromatic rings. The van der Waals surface area contributed by atoms with E-state index in [1.54, 1.807) is 7.11 Å². The zero-order valence-corrected chi connectivity index (χ0v) is 18.1. The van der Waals surface area contributed by atoms with Gasteiger partial charge in [-0.25, -0.2) is 9.97 Å². The molecule has 3 heterocycles. The number of rotatable bonds is 8. The van der Waals surface area contributed by atoms with Gasteiger partial charge in [0.2, 0.25) is 0 Å². The molecular weight excluding hydrogens is 376 g/mol. The standard InChI is InChI=1S/C23H30N6O/c1-5-17(8-9-30-4)29(3)13-15-6-7-19-16(10-15)11-20(27-19)18-12-21(24)28-23-22(18)25-14(2)26-23/h6-7,10-12,17,27H,5,8-9,13H2,1-4H3,(H3,24,25,26,28). The largest absolute Gasteiger partial charge is 0.385 e. The van der Waals surface area contributed by atoms with Crippen LogP contribution in [0.1, 0.15) is 31.2 Å². The summed E-state index contributed by atoms with van der Waals surface area (Å²) in [5, 5.41) is 1.18. The molecule has 0 aliphatic heterocycles. The third kappa shape index (κ3) is 4.04. The van der Waals surface area contributed by atoms with Crippen LogP contribution in [0, 0.1) is 6.92 Å². The van der Waals surface area contributed by atoms with E-state index >= 15 is 0 Å². The number of nitrogens with one attached hydrogen (secondary N) is 2. The topological polar surface area (TPSA) is 95.8 Å². The summed E-state index contributed by atoms with van der Waals surface area (Å²) in [6.45, 7) is 5.85. The zero-order chi connectivity index (χ0) is 21.3. The van der Waals surface area contributed by atoms with Crippen LogP contribution in [-0.2, 0) is 11.3 Å².